The van der Waals surface area contributed by atoms with E-state index in [1.54, 1.807) is 0 Å². The molecule has 0 saturated heterocycles. The fraction of sp³-hybridized carbons (Fsp3) is 0.400. The molecule has 0 aliphatic rings. The maximum absolute atomic E-state index is 11.0. The molecule has 0 radical (unpaired) electrons. The van der Waals surface area contributed by atoms with Gasteiger partial charge in [-0.1, -0.05) is 87.4 Å². The van der Waals surface area contributed by atoms with E-state index in [1.165, 1.54) is 0 Å². The van der Waals surface area contributed by atoms with E-state index in [9.17, 15) is 9.59 Å². The minimum Gasteiger partial charge on any atom is -0.434 e. The zero-order chi connectivity index (χ0) is 23.9. The number of carbonyl (C=O) groups is 3. The van der Waals surface area contributed by atoms with E-state index in [0.29, 0.717) is 13.2 Å². The first-order valence-corrected chi connectivity index (χ1v) is 10.6. The van der Waals surface area contributed by atoms with Crippen LogP contribution in [0.4, 0.5) is 9.59 Å². The standard InChI is InChI=1S/2C12H16O3.CH2O/c2*1-2-3-9-14-12(13)15-10-11-7-5-4-6-8-11;1-2/h2*4-8H,2-3,9-10H2,1H3;1H2. The number of hydrogen-bond acceptors (Lipinski definition) is 7. The van der Waals surface area contributed by atoms with Gasteiger partial charge in [-0.05, 0) is 24.0 Å². The summed E-state index contributed by atoms with van der Waals surface area (Å²) < 4.78 is 19.5. The molecule has 0 spiro atoms. The van der Waals surface area contributed by atoms with E-state index in [4.69, 9.17) is 23.7 Å². The normalized spacial score (nSPS) is 9.19. The van der Waals surface area contributed by atoms with Crippen molar-refractivity contribution >= 4 is 19.1 Å². The Hall–Kier alpha value is -3.35. The fourth-order valence-corrected chi connectivity index (χ4v) is 2.12. The molecule has 2 aromatic carbocycles. The molecule has 0 aromatic heterocycles. The van der Waals surface area contributed by atoms with Gasteiger partial charge in [-0.3, -0.25) is 0 Å². The van der Waals surface area contributed by atoms with Gasteiger partial charge in [-0.2, -0.15) is 0 Å². The molecular formula is C25H34O7. The number of carbonyl (C=O) groups excluding carboxylic acids is 3. The van der Waals surface area contributed by atoms with Gasteiger partial charge >= 0.3 is 12.3 Å². The van der Waals surface area contributed by atoms with E-state index >= 15 is 0 Å². The van der Waals surface area contributed by atoms with Crippen molar-refractivity contribution in [2.45, 2.75) is 52.7 Å². The highest BCUT2D eigenvalue weighted by molar-refractivity contribution is 5.60. The van der Waals surface area contributed by atoms with Gasteiger partial charge < -0.3 is 23.7 Å². The van der Waals surface area contributed by atoms with Crippen LogP contribution in [-0.2, 0) is 37.0 Å². The van der Waals surface area contributed by atoms with Gasteiger partial charge in [0.2, 0.25) is 0 Å². The average molecular weight is 447 g/mol. The van der Waals surface area contributed by atoms with E-state index in [1.807, 2.05) is 81.3 Å². The van der Waals surface area contributed by atoms with Crippen molar-refractivity contribution in [1.82, 2.24) is 0 Å². The van der Waals surface area contributed by atoms with Gasteiger partial charge in [0.05, 0.1) is 13.2 Å². The highest BCUT2D eigenvalue weighted by Gasteiger charge is 2.03. The van der Waals surface area contributed by atoms with Crippen LogP contribution in [0.25, 0.3) is 0 Å². The van der Waals surface area contributed by atoms with Gasteiger partial charge in [-0.25, -0.2) is 9.59 Å². The van der Waals surface area contributed by atoms with Crippen LogP contribution in [-0.4, -0.2) is 32.3 Å². The van der Waals surface area contributed by atoms with Crippen molar-refractivity contribution in [2.24, 2.45) is 0 Å². The molecule has 2 rings (SSSR count). The van der Waals surface area contributed by atoms with Crippen LogP contribution in [0.15, 0.2) is 60.7 Å². The molecule has 0 aliphatic heterocycles. The molecule has 0 heterocycles. The average Bonchev–Trinajstić information content (AvgIpc) is 2.85. The molecule has 0 atom stereocenters. The first-order valence-electron chi connectivity index (χ1n) is 10.6. The van der Waals surface area contributed by atoms with E-state index in [-0.39, 0.29) is 13.2 Å². The van der Waals surface area contributed by atoms with Crippen molar-refractivity contribution in [3.8, 4) is 0 Å². The van der Waals surface area contributed by atoms with Gasteiger partial charge in [0, 0.05) is 0 Å². The molecule has 0 amide bonds. The van der Waals surface area contributed by atoms with Crippen molar-refractivity contribution in [3.63, 3.8) is 0 Å². The lowest BCUT2D eigenvalue weighted by molar-refractivity contribution is -0.0980. The summed E-state index contributed by atoms with van der Waals surface area (Å²) >= 11 is 0. The highest BCUT2D eigenvalue weighted by atomic mass is 16.7. The van der Waals surface area contributed by atoms with Gasteiger partial charge in [-0.15, -0.1) is 0 Å². The van der Waals surface area contributed by atoms with Crippen LogP contribution in [0.1, 0.15) is 50.7 Å². The maximum atomic E-state index is 11.0. The second kappa shape index (κ2) is 20.9. The third kappa shape index (κ3) is 16.4. The van der Waals surface area contributed by atoms with Crippen molar-refractivity contribution < 1.29 is 33.3 Å². The number of ether oxygens (including phenoxy) is 4. The summed E-state index contributed by atoms with van der Waals surface area (Å²) in [4.78, 5) is 30.1. The molecule has 0 bridgehead atoms. The molecule has 0 saturated carbocycles. The molecule has 0 aliphatic carbocycles. The first kappa shape index (κ1) is 28.6. The molecule has 0 fully saturated rings. The van der Waals surface area contributed by atoms with Crippen molar-refractivity contribution in [1.29, 1.82) is 0 Å². The molecular weight excluding hydrogens is 412 g/mol. The molecule has 2 aromatic rings. The van der Waals surface area contributed by atoms with E-state index in [2.05, 4.69) is 0 Å². The quantitative estimate of drug-likeness (QED) is 0.322. The molecule has 7 heteroatoms. The maximum Gasteiger partial charge on any atom is 0.508 e. The Labute approximate surface area is 190 Å². The van der Waals surface area contributed by atoms with Crippen molar-refractivity contribution in [3.05, 3.63) is 71.8 Å². The monoisotopic (exact) mass is 446 g/mol. The SMILES string of the molecule is C=O.CCCCOC(=O)OCc1ccccc1.CCCCOC(=O)OCc1ccccc1. The van der Waals surface area contributed by atoms with Gasteiger partial charge in [0.1, 0.15) is 20.0 Å². The summed E-state index contributed by atoms with van der Waals surface area (Å²) in [6, 6.07) is 19.1. The Bertz CT molecular complexity index is 643. The van der Waals surface area contributed by atoms with Crippen LogP contribution in [0.5, 0.6) is 0 Å². The highest BCUT2D eigenvalue weighted by Crippen LogP contribution is 2.03. The van der Waals surface area contributed by atoms with Crippen LogP contribution in [0.2, 0.25) is 0 Å². The summed E-state index contributed by atoms with van der Waals surface area (Å²) in [5.74, 6) is 0. The summed E-state index contributed by atoms with van der Waals surface area (Å²) in [5, 5.41) is 0. The molecule has 32 heavy (non-hydrogen) atoms. The Morgan fingerprint density at radius 2 is 0.969 bits per heavy atom. The number of unbranched alkanes of at least 4 members (excludes halogenated alkanes) is 2. The van der Waals surface area contributed by atoms with Gasteiger partial charge in [0.15, 0.2) is 0 Å². The fourth-order valence-electron chi connectivity index (χ4n) is 2.12. The summed E-state index contributed by atoms with van der Waals surface area (Å²) in [6.45, 7) is 7.49. The number of rotatable bonds is 10. The minimum atomic E-state index is -0.590. The van der Waals surface area contributed by atoms with E-state index in [0.717, 1.165) is 36.8 Å². The predicted molar refractivity (Wildman–Crippen MR) is 122 cm³/mol. The Morgan fingerprint density at radius 3 is 1.28 bits per heavy atom. The molecule has 7 nitrogen and oxygen atoms in total. The largest absolute Gasteiger partial charge is 0.508 e. The summed E-state index contributed by atoms with van der Waals surface area (Å²) in [5.41, 5.74) is 1.93. The second-order valence-electron chi connectivity index (χ2n) is 6.45. The second-order valence-corrected chi connectivity index (χ2v) is 6.45. The predicted octanol–water partition coefficient (Wildman–Crippen LogP) is 6.09. The lowest BCUT2D eigenvalue weighted by Crippen LogP contribution is -2.08. The third-order valence-corrected chi connectivity index (χ3v) is 3.83. The van der Waals surface area contributed by atoms with E-state index < -0.39 is 12.3 Å². The number of hydrogen-bond donors (Lipinski definition) is 0. The topological polar surface area (TPSA) is 88.1 Å². The van der Waals surface area contributed by atoms with Crippen molar-refractivity contribution in [2.75, 3.05) is 13.2 Å². The lowest BCUT2D eigenvalue weighted by atomic mass is 10.2. The smallest absolute Gasteiger partial charge is 0.434 e. The Morgan fingerprint density at radius 1 is 0.625 bits per heavy atom. The van der Waals surface area contributed by atoms with Gasteiger partial charge in [0.25, 0.3) is 0 Å². The third-order valence-electron chi connectivity index (χ3n) is 3.83. The minimum absolute atomic E-state index is 0.270. The Kier molecular flexibility index (Phi) is 18.7. The number of benzene rings is 2. The first-order chi connectivity index (χ1) is 15.7. The zero-order valence-corrected chi connectivity index (χ0v) is 19.0. The molecule has 0 N–H and O–H groups in total. The molecule has 0 unspecified atom stereocenters. The van der Waals surface area contributed by atoms with Crippen LogP contribution < -0.4 is 0 Å². The zero-order valence-electron chi connectivity index (χ0n) is 19.0. The summed E-state index contributed by atoms with van der Waals surface area (Å²) in [7, 11) is 0. The van der Waals surface area contributed by atoms with Crippen LogP contribution >= 0.6 is 0 Å². The Balaban J connectivity index is 0.000000557. The lowest BCUT2D eigenvalue weighted by Gasteiger charge is -2.05. The molecule has 176 valence electrons. The summed E-state index contributed by atoms with van der Waals surface area (Å²) in [6.07, 6.45) is 2.58. The van der Waals surface area contributed by atoms with Crippen LogP contribution in [0, 0.1) is 0 Å². The van der Waals surface area contributed by atoms with Crippen LogP contribution in [0.3, 0.4) is 0 Å².